The van der Waals surface area contributed by atoms with Crippen LogP contribution in [0.4, 0.5) is 0 Å². The van der Waals surface area contributed by atoms with Crippen molar-refractivity contribution in [2.75, 3.05) is 26.5 Å². The van der Waals surface area contributed by atoms with Crippen molar-refractivity contribution >= 4 is 21.7 Å². The molecule has 0 spiro atoms. The number of rotatable bonds is 7. The number of ether oxygens (including phenoxy) is 2. The molecule has 0 unspecified atom stereocenters. The maximum atomic E-state index is 12.1. The standard InChI is InChI=1S/C14H19NO6S/c1-10(13(16)15-8-9-20-2)21-14(17)11-6-4-5-7-12(11)22(3,18)19/h4-7,10H,8-9H2,1-3H3,(H,15,16)/t10-/m0/s1. The first kappa shape index (κ1) is 18.1. The van der Waals surface area contributed by atoms with Crippen LogP contribution in [0.5, 0.6) is 0 Å². The molecule has 1 amide bonds. The zero-order valence-electron chi connectivity index (χ0n) is 12.7. The van der Waals surface area contributed by atoms with Crippen molar-refractivity contribution in [3.8, 4) is 0 Å². The van der Waals surface area contributed by atoms with E-state index in [1.807, 2.05) is 0 Å². The van der Waals surface area contributed by atoms with E-state index < -0.39 is 27.8 Å². The number of nitrogens with one attached hydrogen (secondary N) is 1. The van der Waals surface area contributed by atoms with Crippen molar-refractivity contribution < 1.29 is 27.5 Å². The van der Waals surface area contributed by atoms with Crippen molar-refractivity contribution in [3.05, 3.63) is 29.8 Å². The third-order valence-electron chi connectivity index (χ3n) is 2.76. The summed E-state index contributed by atoms with van der Waals surface area (Å²) in [5, 5.41) is 2.53. The first-order chi connectivity index (χ1) is 10.3. The number of carbonyl (C=O) groups excluding carboxylic acids is 2. The molecule has 1 rings (SSSR count). The Morgan fingerprint density at radius 3 is 2.50 bits per heavy atom. The van der Waals surface area contributed by atoms with Crippen molar-refractivity contribution in [1.29, 1.82) is 0 Å². The maximum Gasteiger partial charge on any atom is 0.340 e. The van der Waals surface area contributed by atoms with E-state index in [1.54, 1.807) is 0 Å². The monoisotopic (exact) mass is 329 g/mol. The number of carbonyl (C=O) groups is 2. The van der Waals surface area contributed by atoms with Crippen LogP contribution in [0.2, 0.25) is 0 Å². The average Bonchev–Trinajstić information content (AvgIpc) is 2.46. The van der Waals surface area contributed by atoms with Crippen molar-refractivity contribution in [1.82, 2.24) is 5.32 Å². The molecule has 1 aromatic carbocycles. The minimum Gasteiger partial charge on any atom is -0.449 e. The summed E-state index contributed by atoms with van der Waals surface area (Å²) in [5.41, 5.74) is -0.0958. The second-order valence-electron chi connectivity index (χ2n) is 4.60. The number of amides is 1. The molecular weight excluding hydrogens is 310 g/mol. The molecule has 0 bridgehead atoms. The molecule has 0 fully saturated rings. The van der Waals surface area contributed by atoms with Crippen molar-refractivity contribution in [3.63, 3.8) is 0 Å². The van der Waals surface area contributed by atoms with E-state index in [1.165, 1.54) is 38.3 Å². The van der Waals surface area contributed by atoms with Gasteiger partial charge in [0.05, 0.1) is 17.1 Å². The van der Waals surface area contributed by atoms with E-state index in [0.29, 0.717) is 6.61 Å². The van der Waals surface area contributed by atoms with Gasteiger partial charge in [0.15, 0.2) is 15.9 Å². The molecule has 0 aromatic heterocycles. The lowest BCUT2D eigenvalue weighted by atomic mass is 10.2. The van der Waals surface area contributed by atoms with Crippen molar-refractivity contribution in [2.45, 2.75) is 17.9 Å². The molecule has 1 N–H and O–H groups in total. The van der Waals surface area contributed by atoms with Gasteiger partial charge in [-0.3, -0.25) is 4.79 Å². The highest BCUT2D eigenvalue weighted by Gasteiger charge is 2.23. The van der Waals surface area contributed by atoms with E-state index in [-0.39, 0.29) is 17.0 Å². The summed E-state index contributed by atoms with van der Waals surface area (Å²) < 4.78 is 33.1. The summed E-state index contributed by atoms with van der Waals surface area (Å²) in [6.07, 6.45) is -0.0445. The Kier molecular flexibility index (Phi) is 6.51. The second kappa shape index (κ2) is 7.90. The molecular formula is C14H19NO6S. The van der Waals surface area contributed by atoms with Gasteiger partial charge in [-0.25, -0.2) is 13.2 Å². The lowest BCUT2D eigenvalue weighted by molar-refractivity contribution is -0.129. The first-order valence-electron chi connectivity index (χ1n) is 6.54. The van der Waals surface area contributed by atoms with Gasteiger partial charge in [0.25, 0.3) is 5.91 Å². The summed E-state index contributed by atoms with van der Waals surface area (Å²) in [6, 6.07) is 5.69. The number of methoxy groups -OCH3 is 1. The predicted octanol–water partition coefficient (Wildman–Crippen LogP) is 0.398. The number of benzene rings is 1. The van der Waals surface area contributed by atoms with E-state index in [9.17, 15) is 18.0 Å². The molecule has 0 saturated carbocycles. The molecule has 0 saturated heterocycles. The van der Waals surface area contributed by atoms with Gasteiger partial charge in [-0.15, -0.1) is 0 Å². The SMILES string of the molecule is COCCNC(=O)[C@H](C)OC(=O)c1ccccc1S(C)(=O)=O. The minimum absolute atomic E-state index is 0.0958. The van der Waals surface area contributed by atoms with Crippen LogP contribution in [0, 0.1) is 0 Å². The summed E-state index contributed by atoms with van der Waals surface area (Å²) >= 11 is 0. The van der Waals surface area contributed by atoms with E-state index in [2.05, 4.69) is 5.32 Å². The van der Waals surface area contributed by atoms with Gasteiger partial charge in [-0.05, 0) is 19.1 Å². The lowest BCUT2D eigenvalue weighted by Gasteiger charge is -2.14. The van der Waals surface area contributed by atoms with Crippen LogP contribution >= 0.6 is 0 Å². The molecule has 0 radical (unpaired) electrons. The topological polar surface area (TPSA) is 98.8 Å². The van der Waals surface area contributed by atoms with Gasteiger partial charge in [0.1, 0.15) is 0 Å². The fourth-order valence-electron chi connectivity index (χ4n) is 1.66. The molecule has 0 aliphatic carbocycles. The van der Waals surface area contributed by atoms with Gasteiger partial charge in [-0.1, -0.05) is 12.1 Å². The molecule has 7 nitrogen and oxygen atoms in total. The average molecular weight is 329 g/mol. The predicted molar refractivity (Wildman–Crippen MR) is 79.3 cm³/mol. The quantitative estimate of drug-likeness (QED) is 0.574. The van der Waals surface area contributed by atoms with E-state index >= 15 is 0 Å². The van der Waals surface area contributed by atoms with Gasteiger partial charge in [0, 0.05) is 19.9 Å². The third kappa shape index (κ3) is 5.12. The van der Waals surface area contributed by atoms with E-state index in [0.717, 1.165) is 6.26 Å². The fraction of sp³-hybridized carbons (Fsp3) is 0.429. The molecule has 8 heteroatoms. The summed E-state index contributed by atoms with van der Waals surface area (Å²) in [4.78, 5) is 23.6. The van der Waals surface area contributed by atoms with Gasteiger partial charge in [0.2, 0.25) is 0 Å². The van der Waals surface area contributed by atoms with Crippen LogP contribution < -0.4 is 5.32 Å². The Hall–Kier alpha value is -1.93. The summed E-state index contributed by atoms with van der Waals surface area (Å²) in [5.74, 6) is -1.35. The minimum atomic E-state index is -3.57. The molecule has 0 aliphatic heterocycles. The lowest BCUT2D eigenvalue weighted by Crippen LogP contribution is -2.37. The molecule has 22 heavy (non-hydrogen) atoms. The number of hydrogen-bond acceptors (Lipinski definition) is 6. The third-order valence-corrected chi connectivity index (χ3v) is 3.92. The highest BCUT2D eigenvalue weighted by molar-refractivity contribution is 7.90. The highest BCUT2D eigenvalue weighted by atomic mass is 32.2. The Bertz CT molecular complexity index is 640. The summed E-state index contributed by atoms with van der Waals surface area (Å²) in [6.45, 7) is 2.03. The van der Waals surface area contributed by atoms with Gasteiger partial charge in [-0.2, -0.15) is 0 Å². The summed E-state index contributed by atoms with van der Waals surface area (Å²) in [7, 11) is -2.07. The molecule has 0 heterocycles. The normalized spacial score (nSPS) is 12.5. The number of esters is 1. The first-order valence-corrected chi connectivity index (χ1v) is 8.43. The smallest absolute Gasteiger partial charge is 0.340 e. The largest absolute Gasteiger partial charge is 0.449 e. The van der Waals surface area contributed by atoms with Crippen LogP contribution in [-0.2, 0) is 24.1 Å². The molecule has 122 valence electrons. The highest BCUT2D eigenvalue weighted by Crippen LogP contribution is 2.17. The van der Waals surface area contributed by atoms with Crippen LogP contribution in [0.1, 0.15) is 17.3 Å². The Labute approximate surface area is 129 Å². The van der Waals surface area contributed by atoms with Crippen LogP contribution in [0.15, 0.2) is 29.2 Å². The van der Waals surface area contributed by atoms with Crippen LogP contribution in [-0.4, -0.2) is 52.9 Å². The Balaban J connectivity index is 2.80. The van der Waals surface area contributed by atoms with Gasteiger partial charge < -0.3 is 14.8 Å². The Morgan fingerprint density at radius 2 is 1.91 bits per heavy atom. The van der Waals surface area contributed by atoms with Crippen LogP contribution in [0.3, 0.4) is 0 Å². The zero-order chi connectivity index (χ0) is 16.8. The second-order valence-corrected chi connectivity index (χ2v) is 6.58. The van der Waals surface area contributed by atoms with Crippen molar-refractivity contribution in [2.24, 2.45) is 0 Å². The number of hydrogen-bond donors (Lipinski definition) is 1. The molecule has 0 aliphatic rings. The number of sulfone groups is 1. The van der Waals surface area contributed by atoms with Crippen LogP contribution in [0.25, 0.3) is 0 Å². The maximum absolute atomic E-state index is 12.1. The zero-order valence-corrected chi connectivity index (χ0v) is 13.5. The molecule has 1 atom stereocenters. The van der Waals surface area contributed by atoms with Gasteiger partial charge >= 0.3 is 5.97 Å². The fourth-order valence-corrected chi connectivity index (χ4v) is 2.53. The molecule has 1 aromatic rings. The van der Waals surface area contributed by atoms with E-state index in [4.69, 9.17) is 9.47 Å². The Morgan fingerprint density at radius 1 is 1.27 bits per heavy atom.